The van der Waals surface area contributed by atoms with Crippen LogP contribution < -0.4 is 0 Å². The van der Waals surface area contributed by atoms with Gasteiger partial charge in [-0.15, -0.1) is 0 Å². The van der Waals surface area contributed by atoms with E-state index in [2.05, 4.69) is 58.1 Å². The van der Waals surface area contributed by atoms with Crippen LogP contribution in [0.5, 0.6) is 0 Å². The van der Waals surface area contributed by atoms with Gasteiger partial charge in [-0.3, -0.25) is 0 Å². The predicted octanol–water partition coefficient (Wildman–Crippen LogP) is 7.69. The van der Waals surface area contributed by atoms with Crippen molar-refractivity contribution in [1.82, 2.24) is 0 Å². The lowest BCUT2D eigenvalue weighted by molar-refractivity contribution is -0.137. The maximum absolute atomic E-state index is 12.0. The zero-order valence-electron chi connectivity index (χ0n) is 19.9. The molecule has 1 aliphatic rings. The Morgan fingerprint density at radius 2 is 1.90 bits per heavy atom. The van der Waals surface area contributed by atoms with Crippen molar-refractivity contribution in [1.29, 1.82) is 0 Å². The Labute approximate surface area is 189 Å². The van der Waals surface area contributed by atoms with E-state index >= 15 is 0 Å². The van der Waals surface area contributed by atoms with Crippen molar-refractivity contribution in [2.75, 3.05) is 6.61 Å². The molecule has 166 valence electrons. The molecule has 0 spiro atoms. The van der Waals surface area contributed by atoms with E-state index in [4.69, 9.17) is 4.74 Å². The number of ether oxygens (including phenoxy) is 1. The highest BCUT2D eigenvalue weighted by Gasteiger charge is 2.26. The van der Waals surface area contributed by atoms with Gasteiger partial charge in [0.25, 0.3) is 0 Å². The number of carbonyl (C=O) groups excluding carboxylic acids is 1. The minimum Gasteiger partial charge on any atom is -0.463 e. The molecule has 0 saturated heterocycles. The Kier molecular flexibility index (Phi) is 9.78. The highest BCUT2D eigenvalue weighted by Crippen LogP contribution is 2.40. The summed E-state index contributed by atoms with van der Waals surface area (Å²) in [5.41, 5.74) is 6.66. The molecule has 1 aliphatic carbocycles. The Bertz CT molecular complexity index is 877. The minimum absolute atomic E-state index is 0.252. The molecule has 0 bridgehead atoms. The second-order valence-corrected chi connectivity index (χ2v) is 8.99. The third-order valence-electron chi connectivity index (χ3n) is 5.86. The fraction of sp³-hybridized carbons (Fsp3) is 0.414. The van der Waals surface area contributed by atoms with E-state index in [1.54, 1.807) is 6.08 Å². The van der Waals surface area contributed by atoms with Crippen LogP contribution in [0.3, 0.4) is 0 Å². The lowest BCUT2D eigenvalue weighted by Crippen LogP contribution is -2.19. The fourth-order valence-electron chi connectivity index (χ4n) is 4.08. The van der Waals surface area contributed by atoms with Crippen molar-refractivity contribution in [3.05, 3.63) is 94.6 Å². The molecule has 0 fully saturated rings. The van der Waals surface area contributed by atoms with Gasteiger partial charge in [0.1, 0.15) is 0 Å². The second kappa shape index (κ2) is 12.3. The van der Waals surface area contributed by atoms with Gasteiger partial charge in [-0.1, -0.05) is 85.7 Å². The number of hydrogen-bond donors (Lipinski definition) is 0. The first-order chi connectivity index (χ1) is 14.8. The molecule has 0 unspecified atom stereocenters. The molecule has 0 aliphatic heterocycles. The molecule has 2 nitrogen and oxygen atoms in total. The Hall–Kier alpha value is -2.61. The lowest BCUT2D eigenvalue weighted by Gasteiger charge is -2.32. The third kappa shape index (κ3) is 8.57. The fourth-order valence-corrected chi connectivity index (χ4v) is 4.08. The third-order valence-corrected chi connectivity index (χ3v) is 5.86. The van der Waals surface area contributed by atoms with Crippen LogP contribution in [0.4, 0.5) is 0 Å². The van der Waals surface area contributed by atoms with Gasteiger partial charge >= 0.3 is 5.97 Å². The molecule has 31 heavy (non-hydrogen) atoms. The molecule has 2 rings (SSSR count). The average molecular weight is 419 g/mol. The molecular formula is C29H38O2. The standard InChI is InChI=1S/C29H38O2/c1-6-31-28(30)22-26(19-18-25-14-8-7-9-15-25)16-10-12-23(2)17-20-27-24(3)13-11-21-29(27,4)5/h7-10,12,14-17,20,22H,6,11,13,18-19,21H2,1-5H3/b16-10+,20-17+,23-12+,26-22-. The number of carbonyl (C=O) groups is 1. The largest absolute Gasteiger partial charge is 0.463 e. The zero-order valence-corrected chi connectivity index (χ0v) is 19.9. The van der Waals surface area contributed by atoms with Gasteiger partial charge < -0.3 is 4.74 Å². The molecule has 1 aromatic carbocycles. The van der Waals surface area contributed by atoms with Gasteiger partial charge in [0.05, 0.1) is 6.61 Å². The van der Waals surface area contributed by atoms with Crippen LogP contribution in [0.15, 0.2) is 89.1 Å². The van der Waals surface area contributed by atoms with Gasteiger partial charge in [0.15, 0.2) is 0 Å². The maximum Gasteiger partial charge on any atom is 0.331 e. The SMILES string of the molecule is CCOC(=O)/C=C(/C=C/C=C(C)/C=C/C1=C(C)CCCC1(C)C)CCc1ccccc1. The normalized spacial score (nSPS) is 17.6. The van der Waals surface area contributed by atoms with Crippen LogP contribution in [0.2, 0.25) is 0 Å². The topological polar surface area (TPSA) is 26.3 Å². The summed E-state index contributed by atoms with van der Waals surface area (Å²) in [6, 6.07) is 10.3. The zero-order chi connectivity index (χ0) is 22.7. The first kappa shape index (κ1) is 24.7. The van der Waals surface area contributed by atoms with Gasteiger partial charge in [-0.05, 0) is 75.0 Å². The summed E-state index contributed by atoms with van der Waals surface area (Å²) in [5.74, 6) is -0.280. The van der Waals surface area contributed by atoms with Crippen molar-refractivity contribution < 1.29 is 9.53 Å². The summed E-state index contributed by atoms with van der Waals surface area (Å²) in [7, 11) is 0. The number of hydrogen-bond acceptors (Lipinski definition) is 2. The first-order valence-electron chi connectivity index (χ1n) is 11.5. The van der Waals surface area contributed by atoms with Crippen LogP contribution in [0.1, 0.15) is 65.9 Å². The highest BCUT2D eigenvalue weighted by atomic mass is 16.5. The molecule has 0 amide bonds. The Balaban J connectivity index is 2.09. The molecular weight excluding hydrogens is 380 g/mol. The molecule has 0 radical (unpaired) electrons. The van der Waals surface area contributed by atoms with Crippen LogP contribution in [0.25, 0.3) is 0 Å². The summed E-state index contributed by atoms with van der Waals surface area (Å²) >= 11 is 0. The predicted molar refractivity (Wildman–Crippen MR) is 132 cm³/mol. The van der Waals surface area contributed by atoms with Crippen LogP contribution in [0, 0.1) is 5.41 Å². The number of rotatable bonds is 9. The molecule has 0 aromatic heterocycles. The van der Waals surface area contributed by atoms with Crippen molar-refractivity contribution in [3.8, 4) is 0 Å². The number of aryl methyl sites for hydroxylation is 1. The summed E-state index contributed by atoms with van der Waals surface area (Å²) < 4.78 is 5.11. The van der Waals surface area contributed by atoms with E-state index in [0.717, 1.165) is 18.4 Å². The summed E-state index contributed by atoms with van der Waals surface area (Å²) in [6.07, 6.45) is 17.7. The molecule has 0 saturated carbocycles. The minimum atomic E-state index is -0.280. The van der Waals surface area contributed by atoms with Crippen molar-refractivity contribution in [2.45, 2.75) is 66.7 Å². The van der Waals surface area contributed by atoms with Crippen LogP contribution in [-0.2, 0) is 16.0 Å². The van der Waals surface area contributed by atoms with Crippen molar-refractivity contribution >= 4 is 5.97 Å². The van der Waals surface area contributed by atoms with Gasteiger partial charge in [0, 0.05) is 6.08 Å². The quantitative estimate of drug-likeness (QED) is 0.233. The summed E-state index contributed by atoms with van der Waals surface area (Å²) in [5, 5.41) is 0. The van der Waals surface area contributed by atoms with Gasteiger partial charge in [-0.25, -0.2) is 4.79 Å². The first-order valence-corrected chi connectivity index (χ1v) is 11.5. The lowest BCUT2D eigenvalue weighted by atomic mass is 9.72. The number of esters is 1. The highest BCUT2D eigenvalue weighted by molar-refractivity contribution is 5.83. The van der Waals surface area contributed by atoms with E-state index in [1.165, 1.54) is 41.5 Å². The van der Waals surface area contributed by atoms with E-state index in [9.17, 15) is 4.79 Å². The molecule has 1 aromatic rings. The van der Waals surface area contributed by atoms with Gasteiger partial charge in [0.2, 0.25) is 0 Å². The van der Waals surface area contributed by atoms with E-state index < -0.39 is 0 Å². The smallest absolute Gasteiger partial charge is 0.331 e. The summed E-state index contributed by atoms with van der Waals surface area (Å²) in [4.78, 5) is 12.0. The second-order valence-electron chi connectivity index (χ2n) is 8.99. The number of benzene rings is 1. The van der Waals surface area contributed by atoms with Crippen LogP contribution in [-0.4, -0.2) is 12.6 Å². The molecule has 0 N–H and O–H groups in total. The van der Waals surface area contributed by atoms with Crippen molar-refractivity contribution in [2.24, 2.45) is 5.41 Å². The summed E-state index contributed by atoms with van der Waals surface area (Å²) in [6.45, 7) is 11.3. The van der Waals surface area contributed by atoms with Crippen LogP contribution >= 0.6 is 0 Å². The van der Waals surface area contributed by atoms with Crippen molar-refractivity contribution in [3.63, 3.8) is 0 Å². The monoisotopic (exact) mass is 418 g/mol. The average Bonchev–Trinajstić information content (AvgIpc) is 2.72. The Morgan fingerprint density at radius 1 is 1.16 bits per heavy atom. The van der Waals surface area contributed by atoms with E-state index in [1.807, 2.05) is 37.3 Å². The number of allylic oxidation sites excluding steroid dienone is 9. The molecule has 0 heterocycles. The Morgan fingerprint density at radius 3 is 2.58 bits per heavy atom. The molecule has 0 atom stereocenters. The molecule has 2 heteroatoms. The van der Waals surface area contributed by atoms with E-state index in [-0.39, 0.29) is 11.4 Å². The maximum atomic E-state index is 12.0. The van der Waals surface area contributed by atoms with Gasteiger partial charge in [-0.2, -0.15) is 0 Å². The van der Waals surface area contributed by atoms with E-state index in [0.29, 0.717) is 6.61 Å².